The Bertz CT molecular complexity index is 1280. The Morgan fingerprint density at radius 3 is 2.24 bits per heavy atom. The molecule has 0 saturated heterocycles. The van der Waals surface area contributed by atoms with Crippen molar-refractivity contribution in [1.29, 1.82) is 0 Å². The second-order valence-electron chi connectivity index (χ2n) is 7.56. The Morgan fingerprint density at radius 1 is 0.971 bits per heavy atom. The maximum atomic E-state index is 12.6. The molecule has 0 unspecified atom stereocenters. The van der Waals surface area contributed by atoms with E-state index >= 15 is 0 Å². The highest BCUT2D eigenvalue weighted by Gasteiger charge is 2.29. The van der Waals surface area contributed by atoms with Gasteiger partial charge < -0.3 is 10.1 Å². The highest BCUT2D eigenvalue weighted by molar-refractivity contribution is 5.92. The fourth-order valence-electron chi connectivity index (χ4n) is 3.15. The summed E-state index contributed by atoms with van der Waals surface area (Å²) in [6, 6.07) is 14.6. The van der Waals surface area contributed by atoms with Gasteiger partial charge in [-0.3, -0.25) is 9.36 Å². The van der Waals surface area contributed by atoms with E-state index in [1.807, 2.05) is 18.4 Å². The van der Waals surface area contributed by atoms with Gasteiger partial charge in [0, 0.05) is 17.4 Å². The molecular formula is C24H20F3N5O2. The van der Waals surface area contributed by atoms with Crippen LogP contribution in [0.3, 0.4) is 0 Å². The van der Waals surface area contributed by atoms with Gasteiger partial charge in [0.25, 0.3) is 0 Å². The quantitative estimate of drug-likeness (QED) is 0.418. The largest absolute Gasteiger partial charge is 0.438 e. The summed E-state index contributed by atoms with van der Waals surface area (Å²) in [5.74, 6) is 1.08. The fourth-order valence-corrected chi connectivity index (χ4v) is 3.15. The zero-order valence-electron chi connectivity index (χ0n) is 18.3. The summed E-state index contributed by atoms with van der Waals surface area (Å²) < 4.78 is 45.5. The van der Waals surface area contributed by atoms with Gasteiger partial charge in [-0.1, -0.05) is 12.1 Å². The second kappa shape index (κ2) is 9.34. The summed E-state index contributed by atoms with van der Waals surface area (Å²) in [5.41, 5.74) is 2.14. The lowest BCUT2D eigenvalue weighted by Crippen LogP contribution is -2.14. The van der Waals surface area contributed by atoms with E-state index in [2.05, 4.69) is 20.5 Å². The number of nitrogens with zero attached hydrogens (tertiary/aromatic N) is 4. The molecular weight excluding hydrogens is 447 g/mol. The van der Waals surface area contributed by atoms with Gasteiger partial charge in [-0.05, 0) is 61.9 Å². The number of nitrogens with one attached hydrogen (secondary N) is 1. The number of rotatable bonds is 6. The van der Waals surface area contributed by atoms with Crippen molar-refractivity contribution in [2.75, 3.05) is 5.32 Å². The predicted molar refractivity (Wildman–Crippen MR) is 119 cm³/mol. The first kappa shape index (κ1) is 23.0. The monoisotopic (exact) mass is 467 g/mol. The molecule has 2 aromatic carbocycles. The van der Waals surface area contributed by atoms with Crippen molar-refractivity contribution in [3.05, 3.63) is 89.5 Å². The zero-order chi connectivity index (χ0) is 24.3. The SMILES string of the molecule is Cc1ncn(-c2ccc(Oc3ccc(NC(=O)Cc4ccc(C(F)(F)F)cc4)cc3)nn2)c1C. The summed E-state index contributed by atoms with van der Waals surface area (Å²) in [6.45, 7) is 3.86. The van der Waals surface area contributed by atoms with E-state index in [-0.39, 0.29) is 12.3 Å². The lowest BCUT2D eigenvalue weighted by Gasteiger charge is -2.09. The maximum Gasteiger partial charge on any atom is 0.416 e. The van der Waals surface area contributed by atoms with Gasteiger partial charge in [0.05, 0.1) is 17.7 Å². The number of hydrogen-bond acceptors (Lipinski definition) is 5. The van der Waals surface area contributed by atoms with Crippen LogP contribution in [-0.2, 0) is 17.4 Å². The number of halogens is 3. The van der Waals surface area contributed by atoms with Crippen molar-refractivity contribution in [2.45, 2.75) is 26.4 Å². The van der Waals surface area contributed by atoms with Crippen LogP contribution >= 0.6 is 0 Å². The van der Waals surface area contributed by atoms with E-state index < -0.39 is 11.7 Å². The number of carbonyl (C=O) groups excluding carboxylic acids is 1. The number of hydrogen-bond donors (Lipinski definition) is 1. The van der Waals surface area contributed by atoms with Gasteiger partial charge in [0.2, 0.25) is 11.8 Å². The van der Waals surface area contributed by atoms with Crippen molar-refractivity contribution >= 4 is 11.6 Å². The van der Waals surface area contributed by atoms with Crippen molar-refractivity contribution in [1.82, 2.24) is 19.7 Å². The highest BCUT2D eigenvalue weighted by Crippen LogP contribution is 2.29. The number of aromatic nitrogens is 4. The van der Waals surface area contributed by atoms with Gasteiger partial charge in [0.1, 0.15) is 12.1 Å². The number of imidazole rings is 1. The maximum absolute atomic E-state index is 12.6. The molecule has 4 aromatic rings. The molecule has 0 aliphatic rings. The van der Waals surface area contributed by atoms with E-state index in [4.69, 9.17) is 4.74 Å². The molecule has 0 bridgehead atoms. The average Bonchev–Trinajstić information content (AvgIpc) is 3.13. The van der Waals surface area contributed by atoms with Crippen LogP contribution in [0, 0.1) is 13.8 Å². The van der Waals surface area contributed by atoms with Gasteiger partial charge >= 0.3 is 6.18 Å². The molecule has 0 radical (unpaired) electrons. The van der Waals surface area contributed by atoms with E-state index in [9.17, 15) is 18.0 Å². The normalized spacial score (nSPS) is 11.3. The van der Waals surface area contributed by atoms with Gasteiger partial charge in [-0.25, -0.2) is 4.98 Å². The molecule has 34 heavy (non-hydrogen) atoms. The summed E-state index contributed by atoms with van der Waals surface area (Å²) in [6.07, 6.45) is -2.77. The minimum Gasteiger partial charge on any atom is -0.438 e. The number of aryl methyl sites for hydroxylation is 1. The van der Waals surface area contributed by atoms with Gasteiger partial charge in [-0.15, -0.1) is 10.2 Å². The number of amides is 1. The second-order valence-corrected chi connectivity index (χ2v) is 7.56. The first-order valence-corrected chi connectivity index (χ1v) is 10.3. The third kappa shape index (κ3) is 5.40. The molecule has 0 fully saturated rings. The topological polar surface area (TPSA) is 81.9 Å². The van der Waals surface area contributed by atoms with Gasteiger partial charge in [-0.2, -0.15) is 13.2 Å². The Hall–Kier alpha value is -4.21. The lowest BCUT2D eigenvalue weighted by molar-refractivity contribution is -0.137. The van der Waals surface area contributed by atoms with Crippen LogP contribution in [0.5, 0.6) is 11.6 Å². The zero-order valence-corrected chi connectivity index (χ0v) is 18.3. The van der Waals surface area contributed by atoms with Crippen LogP contribution in [-0.4, -0.2) is 25.7 Å². The molecule has 0 aliphatic heterocycles. The minimum absolute atomic E-state index is 0.0474. The molecule has 174 valence electrons. The molecule has 2 heterocycles. The minimum atomic E-state index is -4.41. The molecule has 2 aromatic heterocycles. The van der Waals surface area contributed by atoms with Crippen molar-refractivity contribution in [3.63, 3.8) is 0 Å². The predicted octanol–water partition coefficient (Wildman–Crippen LogP) is 5.27. The number of alkyl halides is 3. The molecule has 1 N–H and O–H groups in total. The van der Waals surface area contributed by atoms with Crippen molar-refractivity contribution in [3.8, 4) is 17.4 Å². The molecule has 0 atom stereocenters. The first-order chi connectivity index (χ1) is 16.2. The molecule has 10 heteroatoms. The van der Waals surface area contributed by atoms with Gasteiger partial charge in [0.15, 0.2) is 5.82 Å². The molecule has 4 rings (SSSR count). The number of anilines is 1. The van der Waals surface area contributed by atoms with Crippen LogP contribution in [0.2, 0.25) is 0 Å². The van der Waals surface area contributed by atoms with E-state index in [0.29, 0.717) is 28.7 Å². The van der Waals surface area contributed by atoms with E-state index in [0.717, 1.165) is 23.5 Å². The molecule has 0 spiro atoms. The Morgan fingerprint density at radius 2 is 1.68 bits per heavy atom. The summed E-state index contributed by atoms with van der Waals surface area (Å²) in [4.78, 5) is 16.5. The Labute approximate surface area is 193 Å². The lowest BCUT2D eigenvalue weighted by atomic mass is 10.1. The van der Waals surface area contributed by atoms with Crippen molar-refractivity contribution < 1.29 is 22.7 Å². The fraction of sp³-hybridized carbons (Fsp3) is 0.167. The Balaban J connectivity index is 1.33. The van der Waals surface area contributed by atoms with E-state index in [1.54, 1.807) is 42.7 Å². The molecule has 0 aliphatic carbocycles. The standard InChI is InChI=1S/C24H20F3N5O2/c1-15-16(2)32(14-28-15)21-11-12-23(31-30-21)34-20-9-7-19(8-10-20)29-22(33)13-17-3-5-18(6-4-17)24(25,26)27/h3-12,14H,13H2,1-2H3,(H,29,33). The highest BCUT2D eigenvalue weighted by atomic mass is 19.4. The summed E-state index contributed by atoms with van der Waals surface area (Å²) in [7, 11) is 0. The third-order valence-corrected chi connectivity index (χ3v) is 5.13. The van der Waals surface area contributed by atoms with Crippen LogP contribution < -0.4 is 10.1 Å². The molecule has 0 saturated carbocycles. The number of benzene rings is 2. The number of carbonyl (C=O) groups is 1. The first-order valence-electron chi connectivity index (χ1n) is 10.3. The van der Waals surface area contributed by atoms with Crippen molar-refractivity contribution in [2.24, 2.45) is 0 Å². The van der Waals surface area contributed by atoms with Crippen LogP contribution in [0.4, 0.5) is 18.9 Å². The summed E-state index contributed by atoms with van der Waals surface area (Å²) >= 11 is 0. The number of ether oxygens (including phenoxy) is 1. The molecule has 1 amide bonds. The Kier molecular flexibility index (Phi) is 6.31. The third-order valence-electron chi connectivity index (χ3n) is 5.13. The van der Waals surface area contributed by atoms with E-state index in [1.165, 1.54) is 12.1 Å². The van der Waals surface area contributed by atoms with Crippen LogP contribution in [0.1, 0.15) is 22.5 Å². The van der Waals surface area contributed by atoms with Crippen LogP contribution in [0.15, 0.2) is 67.0 Å². The summed E-state index contributed by atoms with van der Waals surface area (Å²) in [5, 5.41) is 10.9. The van der Waals surface area contributed by atoms with Crippen LogP contribution in [0.25, 0.3) is 5.82 Å². The molecule has 7 nitrogen and oxygen atoms in total. The average molecular weight is 467 g/mol. The smallest absolute Gasteiger partial charge is 0.416 e.